The van der Waals surface area contributed by atoms with Gasteiger partial charge >= 0.3 is 0 Å². The van der Waals surface area contributed by atoms with Crippen LogP contribution < -0.4 is 15.4 Å². The number of nitrogens with one attached hydrogen (secondary N) is 2. The monoisotopic (exact) mass is 485 g/mol. The largest absolute Gasteiger partial charge is 0.488 e. The second-order valence-corrected chi connectivity index (χ2v) is 6.37. The Labute approximate surface area is 177 Å². The number of hydrogen-bond acceptors (Lipinski definition) is 4. The Morgan fingerprint density at radius 3 is 3.00 bits per heavy atom. The summed E-state index contributed by atoms with van der Waals surface area (Å²) in [6.07, 6.45) is 6.61. The van der Waals surface area contributed by atoms with Crippen LogP contribution in [0.2, 0.25) is 0 Å². The Morgan fingerprint density at radius 1 is 1.41 bits per heavy atom. The van der Waals surface area contributed by atoms with Gasteiger partial charge in [-0.25, -0.2) is 4.98 Å². The molecular weight excluding hydrogens is 457 g/mol. The van der Waals surface area contributed by atoms with Gasteiger partial charge in [0.15, 0.2) is 5.96 Å². The van der Waals surface area contributed by atoms with Gasteiger partial charge in [-0.15, -0.1) is 24.0 Å². The van der Waals surface area contributed by atoms with Gasteiger partial charge in [-0.3, -0.25) is 4.99 Å². The highest BCUT2D eigenvalue weighted by atomic mass is 127. The average molecular weight is 485 g/mol. The zero-order chi connectivity index (χ0) is 18.2. The molecule has 1 fully saturated rings. The molecule has 1 aliphatic heterocycles. The molecule has 1 saturated heterocycles. The lowest BCUT2D eigenvalue weighted by Gasteiger charge is -2.18. The first kappa shape index (κ1) is 21.5. The van der Waals surface area contributed by atoms with E-state index in [2.05, 4.69) is 45.7 Å². The second kappa shape index (κ2) is 11.1. The predicted molar refractivity (Wildman–Crippen MR) is 117 cm³/mol. The highest BCUT2D eigenvalue weighted by Crippen LogP contribution is 2.23. The molecule has 1 aliphatic rings. The zero-order valence-electron chi connectivity index (χ0n) is 15.9. The van der Waals surface area contributed by atoms with Gasteiger partial charge in [0.05, 0.1) is 19.5 Å². The van der Waals surface area contributed by atoms with Gasteiger partial charge in [-0.2, -0.15) is 0 Å². The maximum atomic E-state index is 6.15. The summed E-state index contributed by atoms with van der Waals surface area (Å²) in [5.41, 5.74) is 2.30. The van der Waals surface area contributed by atoms with Crippen molar-refractivity contribution in [2.24, 2.45) is 4.99 Å². The van der Waals surface area contributed by atoms with Gasteiger partial charge < -0.3 is 24.7 Å². The van der Waals surface area contributed by atoms with Crippen molar-refractivity contribution < 1.29 is 9.47 Å². The molecule has 0 aliphatic carbocycles. The topological polar surface area (TPSA) is 72.7 Å². The summed E-state index contributed by atoms with van der Waals surface area (Å²) < 4.78 is 13.6. The molecule has 1 aromatic carbocycles. The van der Waals surface area contributed by atoms with E-state index in [1.165, 1.54) is 5.56 Å². The Kier molecular flexibility index (Phi) is 8.86. The molecular formula is C19H28IN5O2. The summed E-state index contributed by atoms with van der Waals surface area (Å²) in [6.45, 7) is 5.77. The third-order valence-corrected chi connectivity index (χ3v) is 4.30. The lowest BCUT2D eigenvalue weighted by Crippen LogP contribution is -2.38. The van der Waals surface area contributed by atoms with Crippen LogP contribution in [0.4, 0.5) is 0 Å². The van der Waals surface area contributed by atoms with E-state index < -0.39 is 0 Å². The molecule has 1 atom stereocenters. The van der Waals surface area contributed by atoms with Gasteiger partial charge in [-0.1, -0.05) is 12.1 Å². The first-order valence-corrected chi connectivity index (χ1v) is 8.99. The van der Waals surface area contributed by atoms with Crippen molar-refractivity contribution in [1.29, 1.82) is 0 Å². The molecule has 2 aromatic rings. The molecule has 0 radical (unpaired) electrons. The molecule has 1 unspecified atom stereocenters. The van der Waals surface area contributed by atoms with Crippen LogP contribution in [0.1, 0.15) is 17.5 Å². The standard InChI is InChI=1S/C19H27N5O2.HI/c1-15-3-4-16(18(11-15)26-17-5-10-25-13-17)12-23-19(20-2)22-7-9-24-8-6-21-14-24;/h3-4,6,8,11,14,17H,5,7,9-10,12-13H2,1-2H3,(H2,20,22,23);1H. The third-order valence-electron chi connectivity index (χ3n) is 4.30. The number of halogens is 1. The Morgan fingerprint density at radius 2 is 2.30 bits per heavy atom. The number of ether oxygens (including phenoxy) is 2. The van der Waals surface area contributed by atoms with Crippen molar-refractivity contribution >= 4 is 29.9 Å². The number of benzene rings is 1. The van der Waals surface area contributed by atoms with Crippen molar-refractivity contribution in [3.8, 4) is 5.75 Å². The fraction of sp³-hybridized carbons (Fsp3) is 0.474. The third kappa shape index (κ3) is 6.69. The molecule has 8 heteroatoms. The fourth-order valence-corrected chi connectivity index (χ4v) is 2.82. The number of hydrogen-bond donors (Lipinski definition) is 2. The van der Waals surface area contributed by atoms with Crippen molar-refractivity contribution in [1.82, 2.24) is 20.2 Å². The molecule has 0 saturated carbocycles. The summed E-state index contributed by atoms with van der Waals surface area (Å²) in [5, 5.41) is 6.66. The first-order chi connectivity index (χ1) is 12.7. The van der Waals surface area contributed by atoms with E-state index in [1.807, 2.05) is 10.8 Å². The van der Waals surface area contributed by atoms with E-state index in [0.717, 1.165) is 43.4 Å². The van der Waals surface area contributed by atoms with Gasteiger partial charge in [0.1, 0.15) is 11.9 Å². The van der Waals surface area contributed by atoms with E-state index in [-0.39, 0.29) is 30.1 Å². The minimum absolute atomic E-state index is 0. The minimum atomic E-state index is 0. The second-order valence-electron chi connectivity index (χ2n) is 6.37. The molecule has 27 heavy (non-hydrogen) atoms. The first-order valence-electron chi connectivity index (χ1n) is 8.99. The normalized spacial score (nSPS) is 16.7. The summed E-state index contributed by atoms with van der Waals surface area (Å²) >= 11 is 0. The Hall–Kier alpha value is -1.81. The molecule has 0 amide bonds. The lowest BCUT2D eigenvalue weighted by molar-refractivity contribution is 0.140. The number of guanidine groups is 1. The maximum Gasteiger partial charge on any atom is 0.191 e. The van der Waals surface area contributed by atoms with Gasteiger partial charge in [0.2, 0.25) is 0 Å². The molecule has 7 nitrogen and oxygen atoms in total. The van der Waals surface area contributed by atoms with E-state index in [1.54, 1.807) is 19.6 Å². The number of aliphatic imine (C=N–C) groups is 1. The van der Waals surface area contributed by atoms with E-state index >= 15 is 0 Å². The van der Waals surface area contributed by atoms with Crippen molar-refractivity contribution in [2.45, 2.75) is 32.5 Å². The molecule has 148 valence electrons. The van der Waals surface area contributed by atoms with Crippen LogP contribution in [0.25, 0.3) is 0 Å². The average Bonchev–Trinajstić information content (AvgIpc) is 3.33. The quantitative estimate of drug-likeness (QED) is 0.358. The van der Waals surface area contributed by atoms with Gasteiger partial charge in [0.25, 0.3) is 0 Å². The van der Waals surface area contributed by atoms with Crippen LogP contribution in [0, 0.1) is 6.92 Å². The van der Waals surface area contributed by atoms with Crippen molar-refractivity contribution in [2.75, 3.05) is 26.8 Å². The number of aromatic nitrogens is 2. The Bertz CT molecular complexity index is 715. The SMILES string of the molecule is CN=C(NCCn1ccnc1)NCc1ccc(C)cc1OC1CCOC1.I. The molecule has 2 N–H and O–H groups in total. The smallest absolute Gasteiger partial charge is 0.191 e. The van der Waals surface area contributed by atoms with Crippen molar-refractivity contribution in [3.63, 3.8) is 0 Å². The van der Waals surface area contributed by atoms with Crippen LogP contribution in [0.3, 0.4) is 0 Å². The molecule has 2 heterocycles. The van der Waals surface area contributed by atoms with Crippen LogP contribution in [0.15, 0.2) is 41.9 Å². The summed E-state index contributed by atoms with van der Waals surface area (Å²) in [5.74, 6) is 1.68. The zero-order valence-corrected chi connectivity index (χ0v) is 18.2. The van der Waals surface area contributed by atoms with E-state index in [9.17, 15) is 0 Å². The van der Waals surface area contributed by atoms with Crippen LogP contribution in [0.5, 0.6) is 5.75 Å². The molecule has 0 bridgehead atoms. The summed E-state index contributed by atoms with van der Waals surface area (Å²) in [7, 11) is 1.77. The number of aryl methyl sites for hydroxylation is 1. The minimum Gasteiger partial charge on any atom is -0.488 e. The summed E-state index contributed by atoms with van der Waals surface area (Å²) in [4.78, 5) is 8.32. The van der Waals surface area contributed by atoms with E-state index in [0.29, 0.717) is 13.2 Å². The molecule has 1 aromatic heterocycles. The number of imidazole rings is 1. The molecule has 3 rings (SSSR count). The van der Waals surface area contributed by atoms with Crippen LogP contribution in [-0.2, 0) is 17.8 Å². The number of rotatable bonds is 7. The molecule has 0 spiro atoms. The fourth-order valence-electron chi connectivity index (χ4n) is 2.82. The van der Waals surface area contributed by atoms with Crippen molar-refractivity contribution in [3.05, 3.63) is 48.0 Å². The van der Waals surface area contributed by atoms with E-state index in [4.69, 9.17) is 9.47 Å². The number of nitrogens with zero attached hydrogens (tertiary/aromatic N) is 3. The highest BCUT2D eigenvalue weighted by Gasteiger charge is 2.18. The lowest BCUT2D eigenvalue weighted by atomic mass is 10.1. The van der Waals surface area contributed by atoms with Gasteiger partial charge in [-0.05, 0) is 18.6 Å². The maximum absolute atomic E-state index is 6.15. The highest BCUT2D eigenvalue weighted by molar-refractivity contribution is 14.0. The van der Waals surface area contributed by atoms with Crippen LogP contribution in [-0.4, -0.2) is 48.4 Å². The Balaban J connectivity index is 0.00000261. The van der Waals surface area contributed by atoms with Crippen LogP contribution >= 0.6 is 24.0 Å². The van der Waals surface area contributed by atoms with Gasteiger partial charge in [0, 0.05) is 51.1 Å². The summed E-state index contributed by atoms with van der Waals surface area (Å²) in [6, 6.07) is 6.29. The predicted octanol–water partition coefficient (Wildman–Crippen LogP) is 2.34.